The summed E-state index contributed by atoms with van der Waals surface area (Å²) < 4.78 is 12.8. The van der Waals surface area contributed by atoms with Crippen LogP contribution in [0.2, 0.25) is 0 Å². The summed E-state index contributed by atoms with van der Waals surface area (Å²) in [7, 11) is 1.66. The van der Waals surface area contributed by atoms with E-state index in [4.69, 9.17) is 15.2 Å². The molecule has 0 aliphatic rings. The van der Waals surface area contributed by atoms with Gasteiger partial charge in [-0.3, -0.25) is 0 Å². The molecular formula is C19H17N3O2S. The summed E-state index contributed by atoms with van der Waals surface area (Å²) in [4.78, 5) is 8.46. The Morgan fingerprint density at radius 1 is 1.04 bits per heavy atom. The Morgan fingerprint density at radius 3 is 2.80 bits per heavy atom. The van der Waals surface area contributed by atoms with Crippen molar-refractivity contribution in [2.24, 2.45) is 0 Å². The Kier molecular flexibility index (Phi) is 4.21. The Morgan fingerprint density at radius 2 is 1.92 bits per heavy atom. The summed E-state index contributed by atoms with van der Waals surface area (Å²) in [5, 5.41) is 1.10. The number of ether oxygens (including phenoxy) is 2. The van der Waals surface area contributed by atoms with E-state index in [9.17, 15) is 0 Å². The molecule has 0 fully saturated rings. The van der Waals surface area contributed by atoms with Crippen molar-refractivity contribution in [3.8, 4) is 16.9 Å². The maximum atomic E-state index is 5.98. The molecule has 0 saturated heterocycles. The van der Waals surface area contributed by atoms with Gasteiger partial charge in [-0.15, -0.1) is 11.3 Å². The van der Waals surface area contributed by atoms with E-state index in [0.717, 1.165) is 37.2 Å². The summed E-state index contributed by atoms with van der Waals surface area (Å²) in [5.74, 6) is 1.36. The standard InChI is InChI=1S/C19H17N3O2S/c1-23-7-8-24-14-4-2-3-12(9-14)13-5-6-15-16(10-13)25-18-17(15)21-11-22-19(18)20/h2-6,9-11H,7-8H2,1H3,(H2,20,21,22). The van der Waals surface area contributed by atoms with Gasteiger partial charge in [-0.1, -0.05) is 24.3 Å². The topological polar surface area (TPSA) is 70.3 Å². The molecule has 126 valence electrons. The number of rotatable bonds is 5. The summed E-state index contributed by atoms with van der Waals surface area (Å²) in [6, 6.07) is 14.4. The van der Waals surface area contributed by atoms with E-state index in [1.54, 1.807) is 18.4 Å². The number of benzene rings is 2. The van der Waals surface area contributed by atoms with E-state index in [1.165, 1.54) is 6.33 Å². The molecule has 0 atom stereocenters. The monoisotopic (exact) mass is 351 g/mol. The van der Waals surface area contributed by atoms with Gasteiger partial charge in [0.05, 0.1) is 16.8 Å². The predicted octanol–water partition coefficient (Wildman–Crippen LogP) is 4.12. The van der Waals surface area contributed by atoms with Gasteiger partial charge in [-0.2, -0.15) is 0 Å². The first-order chi connectivity index (χ1) is 12.3. The third kappa shape index (κ3) is 3.01. The van der Waals surface area contributed by atoms with Gasteiger partial charge in [-0.25, -0.2) is 9.97 Å². The molecule has 0 saturated carbocycles. The molecular weight excluding hydrogens is 334 g/mol. The minimum atomic E-state index is 0.529. The van der Waals surface area contributed by atoms with Crippen LogP contribution in [0.15, 0.2) is 48.8 Å². The van der Waals surface area contributed by atoms with Crippen LogP contribution in [0.5, 0.6) is 5.75 Å². The smallest absolute Gasteiger partial charge is 0.144 e. The number of fused-ring (bicyclic) bond motifs is 3. The van der Waals surface area contributed by atoms with Crippen molar-refractivity contribution in [1.82, 2.24) is 9.97 Å². The molecule has 4 aromatic rings. The zero-order valence-corrected chi connectivity index (χ0v) is 14.5. The second-order valence-corrected chi connectivity index (χ2v) is 6.67. The second-order valence-electron chi connectivity index (χ2n) is 5.62. The zero-order chi connectivity index (χ0) is 17.2. The van der Waals surface area contributed by atoms with Crippen LogP contribution in [-0.4, -0.2) is 30.3 Å². The number of aromatic nitrogens is 2. The lowest BCUT2D eigenvalue weighted by atomic mass is 10.0. The van der Waals surface area contributed by atoms with E-state index in [0.29, 0.717) is 19.0 Å². The van der Waals surface area contributed by atoms with E-state index in [2.05, 4.69) is 34.2 Å². The summed E-state index contributed by atoms with van der Waals surface area (Å²) in [5.41, 5.74) is 9.12. The average Bonchev–Trinajstić information content (AvgIpc) is 3.02. The molecule has 2 aromatic carbocycles. The Labute approximate surface area is 149 Å². The number of hydrogen-bond acceptors (Lipinski definition) is 6. The number of thiophene rings is 1. The molecule has 2 aromatic heterocycles. The third-order valence-corrected chi connectivity index (χ3v) is 5.17. The third-order valence-electron chi connectivity index (χ3n) is 4.00. The number of hydrogen-bond donors (Lipinski definition) is 1. The van der Waals surface area contributed by atoms with Gasteiger partial charge in [0, 0.05) is 17.2 Å². The lowest BCUT2D eigenvalue weighted by molar-refractivity contribution is 0.146. The Balaban J connectivity index is 1.73. The minimum absolute atomic E-state index is 0.529. The minimum Gasteiger partial charge on any atom is -0.491 e. The van der Waals surface area contributed by atoms with Gasteiger partial charge in [0.15, 0.2) is 0 Å². The van der Waals surface area contributed by atoms with Crippen molar-refractivity contribution in [3.05, 3.63) is 48.8 Å². The molecule has 25 heavy (non-hydrogen) atoms. The summed E-state index contributed by atoms with van der Waals surface area (Å²) >= 11 is 1.62. The first kappa shape index (κ1) is 15.8. The van der Waals surface area contributed by atoms with Crippen molar-refractivity contribution < 1.29 is 9.47 Å². The largest absolute Gasteiger partial charge is 0.491 e. The van der Waals surface area contributed by atoms with E-state index in [-0.39, 0.29) is 0 Å². The number of nitrogens with two attached hydrogens (primary N) is 1. The predicted molar refractivity (Wildman–Crippen MR) is 102 cm³/mol. The van der Waals surface area contributed by atoms with Crippen molar-refractivity contribution in [2.75, 3.05) is 26.1 Å². The molecule has 0 radical (unpaired) electrons. The van der Waals surface area contributed by atoms with Crippen molar-refractivity contribution >= 4 is 37.5 Å². The summed E-state index contributed by atoms with van der Waals surface area (Å²) in [6.07, 6.45) is 1.51. The van der Waals surface area contributed by atoms with E-state index < -0.39 is 0 Å². The van der Waals surface area contributed by atoms with Gasteiger partial charge in [0.2, 0.25) is 0 Å². The molecule has 0 unspecified atom stereocenters. The van der Waals surface area contributed by atoms with Gasteiger partial charge in [0.25, 0.3) is 0 Å². The molecule has 0 aliphatic carbocycles. The Bertz CT molecular complexity index is 1050. The fraction of sp³-hybridized carbons (Fsp3) is 0.158. The first-order valence-corrected chi connectivity index (χ1v) is 8.73. The maximum Gasteiger partial charge on any atom is 0.144 e. The van der Waals surface area contributed by atoms with Crippen LogP contribution in [0, 0.1) is 0 Å². The number of methoxy groups -OCH3 is 1. The normalized spacial score (nSPS) is 11.2. The highest BCUT2D eigenvalue weighted by Gasteiger charge is 2.10. The highest BCUT2D eigenvalue weighted by atomic mass is 32.1. The van der Waals surface area contributed by atoms with Crippen molar-refractivity contribution in [2.45, 2.75) is 0 Å². The van der Waals surface area contributed by atoms with Crippen molar-refractivity contribution in [3.63, 3.8) is 0 Å². The molecule has 0 bridgehead atoms. The van der Waals surface area contributed by atoms with Crippen molar-refractivity contribution in [1.29, 1.82) is 0 Å². The molecule has 6 heteroatoms. The molecule has 2 heterocycles. The molecule has 0 aliphatic heterocycles. The van der Waals surface area contributed by atoms with Crippen LogP contribution in [0.25, 0.3) is 31.4 Å². The van der Waals surface area contributed by atoms with Gasteiger partial charge in [0.1, 0.15) is 24.5 Å². The fourth-order valence-corrected chi connectivity index (χ4v) is 3.88. The van der Waals surface area contributed by atoms with Gasteiger partial charge < -0.3 is 15.2 Å². The molecule has 2 N–H and O–H groups in total. The maximum absolute atomic E-state index is 5.98. The molecule has 4 rings (SSSR count). The molecule has 0 amide bonds. The van der Waals surface area contributed by atoms with Gasteiger partial charge >= 0.3 is 0 Å². The number of nitrogen functional groups attached to an aromatic ring is 1. The highest BCUT2D eigenvalue weighted by molar-refractivity contribution is 7.26. The number of anilines is 1. The quantitative estimate of drug-likeness (QED) is 0.548. The van der Waals surface area contributed by atoms with Gasteiger partial charge in [-0.05, 0) is 29.3 Å². The fourth-order valence-electron chi connectivity index (χ4n) is 2.78. The van der Waals surface area contributed by atoms with Crippen LogP contribution in [0.4, 0.5) is 5.82 Å². The van der Waals surface area contributed by atoms with Crippen LogP contribution in [0.1, 0.15) is 0 Å². The first-order valence-electron chi connectivity index (χ1n) is 7.91. The molecule has 0 spiro atoms. The highest BCUT2D eigenvalue weighted by Crippen LogP contribution is 2.37. The van der Waals surface area contributed by atoms with E-state index >= 15 is 0 Å². The Hall–Kier alpha value is -2.70. The second kappa shape index (κ2) is 6.66. The van der Waals surface area contributed by atoms with Crippen LogP contribution < -0.4 is 10.5 Å². The lowest BCUT2D eigenvalue weighted by Gasteiger charge is -2.08. The van der Waals surface area contributed by atoms with E-state index in [1.807, 2.05) is 18.2 Å². The number of nitrogens with zero attached hydrogens (tertiary/aromatic N) is 2. The average molecular weight is 351 g/mol. The summed E-state index contributed by atoms with van der Waals surface area (Å²) in [6.45, 7) is 1.10. The van der Waals surface area contributed by atoms with Crippen LogP contribution in [-0.2, 0) is 4.74 Å². The zero-order valence-electron chi connectivity index (χ0n) is 13.7. The molecule has 5 nitrogen and oxygen atoms in total. The SMILES string of the molecule is COCCOc1cccc(-c2ccc3c(c2)sc2c(N)ncnc23)c1. The van der Waals surface area contributed by atoms with Crippen LogP contribution in [0.3, 0.4) is 0 Å². The van der Waals surface area contributed by atoms with Crippen LogP contribution >= 0.6 is 11.3 Å². The lowest BCUT2D eigenvalue weighted by Crippen LogP contribution is -2.04.